The van der Waals surface area contributed by atoms with Crippen molar-refractivity contribution in [1.82, 2.24) is 4.98 Å². The molecule has 0 radical (unpaired) electrons. The Labute approximate surface area is 78.5 Å². The molecule has 1 N–H and O–H groups in total. The second-order valence-electron chi connectivity index (χ2n) is 2.52. The monoisotopic (exact) mass is 199 g/mol. The number of rotatable bonds is 2. The molecule has 0 saturated heterocycles. The first kappa shape index (κ1) is 10.2. The van der Waals surface area contributed by atoms with Gasteiger partial charge in [0, 0.05) is 0 Å². The SMILES string of the molecule is CCOC(=O)c1[nH]c(=O)oc(=O)c1C. The number of ether oxygens (including phenoxy) is 1. The summed E-state index contributed by atoms with van der Waals surface area (Å²) in [6, 6.07) is 0. The molecule has 76 valence electrons. The maximum atomic E-state index is 11.2. The summed E-state index contributed by atoms with van der Waals surface area (Å²) in [4.78, 5) is 35.0. The lowest BCUT2D eigenvalue weighted by molar-refractivity contribution is 0.0515. The Morgan fingerprint density at radius 2 is 2.14 bits per heavy atom. The van der Waals surface area contributed by atoms with Gasteiger partial charge in [-0.25, -0.2) is 14.4 Å². The molecule has 6 nitrogen and oxygen atoms in total. The molecule has 14 heavy (non-hydrogen) atoms. The van der Waals surface area contributed by atoms with Gasteiger partial charge in [-0.15, -0.1) is 0 Å². The molecule has 1 rings (SSSR count). The molecular weight excluding hydrogens is 190 g/mol. The van der Waals surface area contributed by atoms with Crippen LogP contribution in [0.3, 0.4) is 0 Å². The molecule has 1 aromatic heterocycles. The van der Waals surface area contributed by atoms with Crippen molar-refractivity contribution in [3.63, 3.8) is 0 Å². The van der Waals surface area contributed by atoms with E-state index in [1.807, 2.05) is 0 Å². The van der Waals surface area contributed by atoms with Gasteiger partial charge in [-0.2, -0.15) is 0 Å². The molecule has 0 fully saturated rings. The van der Waals surface area contributed by atoms with Gasteiger partial charge >= 0.3 is 17.4 Å². The smallest absolute Gasteiger partial charge is 0.419 e. The van der Waals surface area contributed by atoms with E-state index in [1.54, 1.807) is 6.92 Å². The molecule has 1 heterocycles. The molecule has 0 aliphatic rings. The summed E-state index contributed by atoms with van der Waals surface area (Å²) in [5.74, 6) is -1.71. The van der Waals surface area contributed by atoms with Crippen LogP contribution in [0.2, 0.25) is 0 Å². The van der Waals surface area contributed by atoms with Gasteiger partial charge in [0.25, 0.3) is 0 Å². The molecular formula is C8H9NO5. The van der Waals surface area contributed by atoms with Gasteiger partial charge in [-0.3, -0.25) is 4.98 Å². The third-order valence-corrected chi connectivity index (χ3v) is 1.57. The number of H-pyrrole nitrogens is 1. The van der Waals surface area contributed by atoms with Gasteiger partial charge in [0.05, 0.1) is 12.2 Å². The maximum absolute atomic E-state index is 11.2. The first-order chi connectivity index (χ1) is 6.56. The van der Waals surface area contributed by atoms with E-state index in [1.165, 1.54) is 6.92 Å². The van der Waals surface area contributed by atoms with Crippen LogP contribution in [0.4, 0.5) is 0 Å². The van der Waals surface area contributed by atoms with Crippen LogP contribution < -0.4 is 11.4 Å². The third kappa shape index (κ3) is 1.90. The number of carbonyl (C=O) groups excluding carboxylic acids is 1. The van der Waals surface area contributed by atoms with E-state index in [0.29, 0.717) is 0 Å². The normalized spacial score (nSPS) is 9.86. The van der Waals surface area contributed by atoms with E-state index in [9.17, 15) is 14.4 Å². The highest BCUT2D eigenvalue weighted by Crippen LogP contribution is 1.98. The fourth-order valence-corrected chi connectivity index (χ4v) is 0.892. The summed E-state index contributed by atoms with van der Waals surface area (Å²) in [5, 5.41) is 0. The topological polar surface area (TPSA) is 89.4 Å². The highest BCUT2D eigenvalue weighted by molar-refractivity contribution is 5.88. The summed E-state index contributed by atoms with van der Waals surface area (Å²) >= 11 is 0. The minimum atomic E-state index is -0.969. The van der Waals surface area contributed by atoms with Crippen molar-refractivity contribution in [2.45, 2.75) is 13.8 Å². The lowest BCUT2D eigenvalue weighted by Crippen LogP contribution is -2.24. The second kappa shape index (κ2) is 3.91. The number of nitrogens with one attached hydrogen (secondary N) is 1. The lowest BCUT2D eigenvalue weighted by Gasteiger charge is -2.01. The average Bonchev–Trinajstić information content (AvgIpc) is 2.11. The molecule has 6 heteroatoms. The summed E-state index contributed by atoms with van der Waals surface area (Å²) in [6.45, 7) is 3.16. The van der Waals surface area contributed by atoms with Crippen LogP contribution >= 0.6 is 0 Å². The van der Waals surface area contributed by atoms with Crippen molar-refractivity contribution in [3.05, 3.63) is 32.2 Å². The quantitative estimate of drug-likeness (QED) is 0.667. The Hall–Kier alpha value is -1.85. The standard InChI is InChI=1S/C8H9NO5/c1-3-13-7(11)5-4(2)6(10)14-8(12)9-5/h3H2,1-2H3,(H,9,12). The van der Waals surface area contributed by atoms with Gasteiger partial charge in [0.1, 0.15) is 5.69 Å². The highest BCUT2D eigenvalue weighted by atomic mass is 16.5. The van der Waals surface area contributed by atoms with Crippen LogP contribution in [0.15, 0.2) is 14.0 Å². The summed E-state index contributed by atoms with van der Waals surface area (Å²) in [7, 11) is 0. The predicted octanol–water partition coefficient (Wildman–Crippen LogP) is -0.187. The molecule has 0 amide bonds. The first-order valence-electron chi connectivity index (χ1n) is 3.97. The summed E-state index contributed by atoms with van der Waals surface area (Å²) in [6.07, 6.45) is 0. The van der Waals surface area contributed by atoms with Crippen LogP contribution in [0, 0.1) is 6.92 Å². The van der Waals surface area contributed by atoms with E-state index >= 15 is 0 Å². The number of aromatic amines is 1. The second-order valence-corrected chi connectivity index (χ2v) is 2.52. The maximum Gasteiger partial charge on any atom is 0.419 e. The Morgan fingerprint density at radius 1 is 1.50 bits per heavy atom. The third-order valence-electron chi connectivity index (χ3n) is 1.57. The summed E-state index contributed by atoms with van der Waals surface area (Å²) < 4.78 is 8.83. The number of aromatic nitrogens is 1. The molecule has 0 spiro atoms. The van der Waals surface area contributed by atoms with E-state index < -0.39 is 17.4 Å². The zero-order valence-corrected chi connectivity index (χ0v) is 7.75. The van der Waals surface area contributed by atoms with Crippen LogP contribution in [0.25, 0.3) is 0 Å². The Bertz CT molecular complexity index is 456. The Balaban J connectivity index is 3.27. The fourth-order valence-electron chi connectivity index (χ4n) is 0.892. The van der Waals surface area contributed by atoms with Crippen LogP contribution in [0.5, 0.6) is 0 Å². The number of carbonyl (C=O) groups is 1. The predicted molar refractivity (Wildman–Crippen MR) is 46.3 cm³/mol. The van der Waals surface area contributed by atoms with Crippen molar-refractivity contribution < 1.29 is 13.9 Å². The van der Waals surface area contributed by atoms with E-state index in [2.05, 4.69) is 14.1 Å². The minimum absolute atomic E-state index is 0.0306. The fraction of sp³-hybridized carbons (Fsp3) is 0.375. The van der Waals surface area contributed by atoms with Gasteiger partial charge in [-0.05, 0) is 13.8 Å². The van der Waals surface area contributed by atoms with Crippen molar-refractivity contribution in [2.75, 3.05) is 6.61 Å². The van der Waals surface area contributed by atoms with Crippen molar-refractivity contribution in [1.29, 1.82) is 0 Å². The van der Waals surface area contributed by atoms with Gasteiger partial charge < -0.3 is 9.15 Å². The number of esters is 1. The molecule has 1 aromatic rings. The van der Waals surface area contributed by atoms with Crippen molar-refractivity contribution in [3.8, 4) is 0 Å². The van der Waals surface area contributed by atoms with Crippen LogP contribution in [-0.2, 0) is 4.74 Å². The van der Waals surface area contributed by atoms with E-state index in [0.717, 1.165) is 0 Å². The van der Waals surface area contributed by atoms with Crippen molar-refractivity contribution in [2.24, 2.45) is 0 Å². The average molecular weight is 199 g/mol. The van der Waals surface area contributed by atoms with Crippen molar-refractivity contribution >= 4 is 5.97 Å². The molecule has 0 aliphatic heterocycles. The number of hydrogen-bond acceptors (Lipinski definition) is 5. The molecule has 0 bridgehead atoms. The Morgan fingerprint density at radius 3 is 2.71 bits per heavy atom. The van der Waals surface area contributed by atoms with E-state index in [-0.39, 0.29) is 17.9 Å². The molecule has 0 unspecified atom stereocenters. The molecule has 0 atom stereocenters. The minimum Gasteiger partial charge on any atom is -0.461 e. The first-order valence-corrected chi connectivity index (χ1v) is 3.97. The zero-order valence-electron chi connectivity index (χ0n) is 7.75. The molecule has 0 saturated carbocycles. The van der Waals surface area contributed by atoms with Crippen LogP contribution in [0.1, 0.15) is 23.0 Å². The van der Waals surface area contributed by atoms with Crippen LogP contribution in [-0.4, -0.2) is 17.6 Å². The van der Waals surface area contributed by atoms with Gasteiger partial charge in [0.15, 0.2) is 0 Å². The van der Waals surface area contributed by atoms with E-state index in [4.69, 9.17) is 0 Å². The number of hydrogen-bond donors (Lipinski definition) is 1. The Kier molecular flexibility index (Phi) is 2.85. The zero-order chi connectivity index (χ0) is 10.7. The highest BCUT2D eigenvalue weighted by Gasteiger charge is 2.14. The van der Waals surface area contributed by atoms with Gasteiger partial charge in [0.2, 0.25) is 0 Å². The molecule has 0 aromatic carbocycles. The molecule has 0 aliphatic carbocycles. The largest absolute Gasteiger partial charge is 0.461 e. The summed E-state index contributed by atoms with van der Waals surface area (Å²) in [5.41, 5.74) is -0.965. The lowest BCUT2D eigenvalue weighted by atomic mass is 10.2. The van der Waals surface area contributed by atoms with Gasteiger partial charge in [-0.1, -0.05) is 0 Å².